The Bertz CT molecular complexity index is 1210. The van der Waals surface area contributed by atoms with E-state index in [1.807, 2.05) is 42.5 Å². The van der Waals surface area contributed by atoms with E-state index in [1.54, 1.807) is 29.5 Å². The molecule has 1 heterocycles. The molecule has 0 aliphatic rings. The van der Waals surface area contributed by atoms with E-state index >= 15 is 0 Å². The van der Waals surface area contributed by atoms with Gasteiger partial charge >= 0.3 is 0 Å². The van der Waals surface area contributed by atoms with Crippen LogP contribution in [0.5, 0.6) is 5.75 Å². The number of hydrogen-bond donors (Lipinski definition) is 1. The van der Waals surface area contributed by atoms with Crippen LogP contribution >= 0.6 is 34.5 Å². The Hall–Kier alpha value is -2.86. The number of anilines is 1. The molecule has 0 bridgehead atoms. The minimum Gasteiger partial charge on any atom is -0.482 e. The number of aryl methyl sites for hydroxylation is 1. The van der Waals surface area contributed by atoms with E-state index in [0.29, 0.717) is 21.5 Å². The molecule has 4 nitrogen and oxygen atoms in total. The van der Waals surface area contributed by atoms with Gasteiger partial charge in [-0.15, -0.1) is 11.3 Å². The van der Waals surface area contributed by atoms with Gasteiger partial charge in [0.25, 0.3) is 5.91 Å². The van der Waals surface area contributed by atoms with Crippen LogP contribution in [0, 0.1) is 6.92 Å². The summed E-state index contributed by atoms with van der Waals surface area (Å²) in [6, 6.07) is 22.6. The van der Waals surface area contributed by atoms with Gasteiger partial charge < -0.3 is 10.1 Å². The van der Waals surface area contributed by atoms with Gasteiger partial charge in [0.1, 0.15) is 10.8 Å². The standard InChI is InChI=1S/C24H18Cl2N2O2S/c1-15-23(28-24(31-15)17-5-3-2-4-6-17)16-7-10-19(11-8-16)27-22(29)14-30-21-12-9-18(25)13-20(21)26/h2-13H,14H2,1H3,(H,27,29). The van der Waals surface area contributed by atoms with E-state index in [2.05, 4.69) is 24.4 Å². The number of rotatable bonds is 6. The van der Waals surface area contributed by atoms with E-state index in [-0.39, 0.29) is 12.5 Å². The molecule has 0 aliphatic carbocycles. The van der Waals surface area contributed by atoms with Gasteiger partial charge in [0, 0.05) is 26.7 Å². The third-order valence-corrected chi connectivity index (χ3v) is 6.06. The molecule has 31 heavy (non-hydrogen) atoms. The number of halogens is 2. The minimum absolute atomic E-state index is 0.158. The van der Waals surface area contributed by atoms with Gasteiger partial charge in [-0.2, -0.15) is 0 Å². The number of aromatic nitrogens is 1. The normalized spacial score (nSPS) is 10.7. The molecule has 4 rings (SSSR count). The first-order valence-corrected chi connectivity index (χ1v) is 11.1. The van der Waals surface area contributed by atoms with E-state index in [0.717, 1.165) is 26.7 Å². The second-order valence-electron chi connectivity index (χ2n) is 6.78. The van der Waals surface area contributed by atoms with Crippen molar-refractivity contribution in [3.63, 3.8) is 0 Å². The van der Waals surface area contributed by atoms with Gasteiger partial charge in [-0.3, -0.25) is 4.79 Å². The summed E-state index contributed by atoms with van der Waals surface area (Å²) in [4.78, 5) is 18.2. The molecule has 0 spiro atoms. The maximum atomic E-state index is 12.2. The third kappa shape index (κ3) is 5.25. The highest BCUT2D eigenvalue weighted by atomic mass is 35.5. The second kappa shape index (κ2) is 9.52. The highest BCUT2D eigenvalue weighted by Gasteiger charge is 2.12. The van der Waals surface area contributed by atoms with Gasteiger partial charge in [-0.05, 0) is 37.3 Å². The smallest absolute Gasteiger partial charge is 0.262 e. The summed E-state index contributed by atoms with van der Waals surface area (Å²) in [5.41, 5.74) is 3.72. The van der Waals surface area contributed by atoms with Crippen molar-refractivity contribution in [1.29, 1.82) is 0 Å². The van der Waals surface area contributed by atoms with Crippen LogP contribution in [0.2, 0.25) is 10.0 Å². The lowest BCUT2D eigenvalue weighted by molar-refractivity contribution is -0.118. The first-order valence-electron chi connectivity index (χ1n) is 9.50. The lowest BCUT2D eigenvalue weighted by Crippen LogP contribution is -2.20. The Labute approximate surface area is 194 Å². The average Bonchev–Trinajstić information content (AvgIpc) is 3.16. The summed E-state index contributed by atoms with van der Waals surface area (Å²) < 4.78 is 5.47. The zero-order chi connectivity index (χ0) is 21.8. The van der Waals surface area contributed by atoms with Gasteiger partial charge in [-0.25, -0.2) is 4.98 Å². The molecule has 156 valence electrons. The molecule has 0 unspecified atom stereocenters. The van der Waals surface area contributed by atoms with Crippen molar-refractivity contribution < 1.29 is 9.53 Å². The van der Waals surface area contributed by atoms with E-state index < -0.39 is 0 Å². The third-order valence-electron chi connectivity index (χ3n) is 4.51. The monoisotopic (exact) mass is 468 g/mol. The minimum atomic E-state index is -0.282. The Morgan fingerprint density at radius 3 is 2.45 bits per heavy atom. The molecule has 1 N–H and O–H groups in total. The molecular weight excluding hydrogens is 451 g/mol. The quantitative estimate of drug-likeness (QED) is 0.327. The molecule has 0 fully saturated rings. The molecule has 0 saturated heterocycles. The van der Waals surface area contributed by atoms with Crippen LogP contribution in [0.1, 0.15) is 4.88 Å². The van der Waals surface area contributed by atoms with Crippen LogP contribution in [0.15, 0.2) is 72.8 Å². The van der Waals surface area contributed by atoms with Gasteiger partial charge in [0.2, 0.25) is 0 Å². The maximum absolute atomic E-state index is 12.2. The maximum Gasteiger partial charge on any atom is 0.262 e. The fourth-order valence-corrected chi connectivity index (χ4v) is 4.42. The van der Waals surface area contributed by atoms with Crippen LogP contribution in [-0.2, 0) is 4.79 Å². The molecule has 1 amide bonds. The molecule has 7 heteroatoms. The van der Waals surface area contributed by atoms with Crippen LogP contribution < -0.4 is 10.1 Å². The lowest BCUT2D eigenvalue weighted by Gasteiger charge is -2.09. The number of amides is 1. The van der Waals surface area contributed by atoms with Crippen molar-refractivity contribution >= 4 is 46.1 Å². The SMILES string of the molecule is Cc1sc(-c2ccccc2)nc1-c1ccc(NC(=O)COc2ccc(Cl)cc2Cl)cc1. The Balaban J connectivity index is 1.40. The number of ether oxygens (including phenoxy) is 1. The number of carbonyl (C=O) groups is 1. The summed E-state index contributed by atoms with van der Waals surface area (Å²) in [7, 11) is 0. The van der Waals surface area contributed by atoms with Crippen LogP contribution in [0.3, 0.4) is 0 Å². The summed E-state index contributed by atoms with van der Waals surface area (Å²) in [5.74, 6) is 0.125. The summed E-state index contributed by atoms with van der Waals surface area (Å²) in [6.07, 6.45) is 0. The number of nitrogens with zero attached hydrogens (tertiary/aromatic N) is 1. The van der Waals surface area contributed by atoms with Gasteiger partial charge in [-0.1, -0.05) is 65.7 Å². The molecule has 0 saturated carbocycles. The van der Waals surface area contributed by atoms with Crippen molar-refractivity contribution in [3.8, 4) is 27.6 Å². The zero-order valence-corrected chi connectivity index (χ0v) is 18.9. The molecule has 0 atom stereocenters. The van der Waals surface area contributed by atoms with Crippen LogP contribution in [-0.4, -0.2) is 17.5 Å². The van der Waals surface area contributed by atoms with E-state index in [4.69, 9.17) is 32.9 Å². The van der Waals surface area contributed by atoms with Crippen molar-refractivity contribution in [3.05, 3.63) is 87.7 Å². The van der Waals surface area contributed by atoms with Crippen molar-refractivity contribution in [2.75, 3.05) is 11.9 Å². The van der Waals surface area contributed by atoms with E-state index in [1.165, 1.54) is 0 Å². The molecular formula is C24H18Cl2N2O2S. The molecule has 4 aromatic rings. The Kier molecular flexibility index (Phi) is 6.56. The van der Waals surface area contributed by atoms with Crippen LogP contribution in [0.4, 0.5) is 5.69 Å². The highest BCUT2D eigenvalue weighted by molar-refractivity contribution is 7.15. The number of thiazole rings is 1. The summed E-state index contributed by atoms with van der Waals surface area (Å²) in [6.45, 7) is 1.91. The average molecular weight is 469 g/mol. The fourth-order valence-electron chi connectivity index (χ4n) is 3.01. The topological polar surface area (TPSA) is 51.2 Å². The van der Waals surface area contributed by atoms with Crippen molar-refractivity contribution in [1.82, 2.24) is 4.98 Å². The number of hydrogen-bond acceptors (Lipinski definition) is 4. The second-order valence-corrected chi connectivity index (χ2v) is 8.83. The number of benzene rings is 3. The summed E-state index contributed by atoms with van der Waals surface area (Å²) in [5, 5.41) is 4.67. The van der Waals surface area contributed by atoms with Gasteiger partial charge in [0.05, 0.1) is 10.7 Å². The summed E-state index contributed by atoms with van der Waals surface area (Å²) >= 11 is 13.6. The van der Waals surface area contributed by atoms with Crippen molar-refractivity contribution in [2.24, 2.45) is 0 Å². The number of nitrogens with one attached hydrogen (secondary N) is 1. The van der Waals surface area contributed by atoms with E-state index in [9.17, 15) is 4.79 Å². The molecule has 0 radical (unpaired) electrons. The molecule has 3 aromatic carbocycles. The lowest BCUT2D eigenvalue weighted by atomic mass is 10.1. The van der Waals surface area contributed by atoms with Crippen molar-refractivity contribution in [2.45, 2.75) is 6.92 Å². The molecule has 1 aromatic heterocycles. The predicted octanol–water partition coefficient (Wildman–Crippen LogP) is 7.11. The van der Waals surface area contributed by atoms with Gasteiger partial charge in [0.15, 0.2) is 6.61 Å². The first kappa shape index (κ1) is 21.4. The largest absolute Gasteiger partial charge is 0.482 e. The van der Waals surface area contributed by atoms with Crippen LogP contribution in [0.25, 0.3) is 21.8 Å². The predicted molar refractivity (Wildman–Crippen MR) is 128 cm³/mol. The fraction of sp³-hybridized carbons (Fsp3) is 0.0833. The Morgan fingerprint density at radius 1 is 1.00 bits per heavy atom. The number of carbonyl (C=O) groups excluding carboxylic acids is 1. The zero-order valence-electron chi connectivity index (χ0n) is 16.6. The molecule has 0 aliphatic heterocycles. The first-order chi connectivity index (χ1) is 15.0. The highest BCUT2D eigenvalue weighted by Crippen LogP contribution is 2.33. The Morgan fingerprint density at radius 2 is 1.74 bits per heavy atom.